The first kappa shape index (κ1) is 13.8. The Bertz CT molecular complexity index is 417. The fraction of sp³-hybridized carbons (Fsp3) is 0.417. The van der Waals surface area contributed by atoms with Crippen LogP contribution < -0.4 is 4.74 Å². The van der Waals surface area contributed by atoms with E-state index in [4.69, 9.17) is 21.6 Å². The lowest BCUT2D eigenvalue weighted by Gasteiger charge is -2.17. The minimum Gasteiger partial charge on any atom is -0.495 e. The largest absolute Gasteiger partial charge is 0.495 e. The van der Waals surface area contributed by atoms with Crippen molar-refractivity contribution in [1.29, 1.82) is 5.26 Å². The molecule has 1 aromatic carbocycles. The zero-order valence-electron chi connectivity index (χ0n) is 9.43. The third-order valence-electron chi connectivity index (χ3n) is 2.45. The minimum atomic E-state index is -1.05. The molecule has 0 bridgehead atoms. The Morgan fingerprint density at radius 1 is 1.47 bits per heavy atom. The van der Waals surface area contributed by atoms with E-state index in [-0.39, 0.29) is 12.3 Å². The van der Waals surface area contributed by atoms with E-state index in [1.807, 2.05) is 6.07 Å². The zero-order valence-corrected chi connectivity index (χ0v) is 10.2. The number of ether oxygens (including phenoxy) is 1. The molecular weight excluding hydrogens is 242 g/mol. The lowest BCUT2D eigenvalue weighted by molar-refractivity contribution is 0.0169. The summed E-state index contributed by atoms with van der Waals surface area (Å²) in [5, 5.41) is 28.4. The van der Waals surface area contributed by atoms with Gasteiger partial charge in [0.15, 0.2) is 0 Å². The number of aliphatic hydroxyl groups excluding tert-OH is 2. The van der Waals surface area contributed by atoms with E-state index in [0.29, 0.717) is 16.9 Å². The molecule has 0 aromatic heterocycles. The lowest BCUT2D eigenvalue weighted by atomic mass is 10.0. The summed E-state index contributed by atoms with van der Waals surface area (Å²) in [7, 11) is 1.47. The number of benzene rings is 1. The van der Waals surface area contributed by atoms with Crippen LogP contribution in [0.1, 0.15) is 23.7 Å². The highest BCUT2D eigenvalue weighted by molar-refractivity contribution is 6.17. The number of hydrogen-bond donors (Lipinski definition) is 2. The first-order valence-corrected chi connectivity index (χ1v) is 5.67. The molecule has 0 spiro atoms. The third-order valence-corrected chi connectivity index (χ3v) is 2.67. The highest BCUT2D eigenvalue weighted by atomic mass is 35.5. The number of halogens is 1. The van der Waals surface area contributed by atoms with E-state index in [1.54, 1.807) is 12.1 Å². The van der Waals surface area contributed by atoms with Crippen LogP contribution in [-0.4, -0.2) is 29.3 Å². The molecule has 0 saturated heterocycles. The number of methoxy groups -OCH3 is 1. The first-order valence-electron chi connectivity index (χ1n) is 5.14. The van der Waals surface area contributed by atoms with Gasteiger partial charge in [-0.2, -0.15) is 5.26 Å². The second-order valence-corrected chi connectivity index (χ2v) is 3.94. The molecule has 0 amide bonds. The molecule has 2 N–H and O–H groups in total. The molecule has 92 valence electrons. The number of aliphatic hydroxyl groups is 2. The van der Waals surface area contributed by atoms with E-state index in [1.165, 1.54) is 13.2 Å². The molecule has 4 nitrogen and oxygen atoms in total. The number of nitrogens with zero attached hydrogens (tertiary/aromatic N) is 1. The zero-order chi connectivity index (χ0) is 12.8. The highest BCUT2D eigenvalue weighted by Gasteiger charge is 2.19. The van der Waals surface area contributed by atoms with Crippen molar-refractivity contribution >= 4 is 11.6 Å². The Morgan fingerprint density at radius 3 is 2.71 bits per heavy atom. The second-order valence-electron chi connectivity index (χ2n) is 3.56. The quantitative estimate of drug-likeness (QED) is 0.784. The van der Waals surface area contributed by atoms with E-state index < -0.39 is 12.2 Å². The van der Waals surface area contributed by atoms with Crippen molar-refractivity contribution in [2.75, 3.05) is 13.0 Å². The van der Waals surface area contributed by atoms with Gasteiger partial charge in [-0.3, -0.25) is 0 Å². The van der Waals surface area contributed by atoms with Crippen LogP contribution in [-0.2, 0) is 0 Å². The maximum Gasteiger partial charge on any atom is 0.136 e. The molecule has 2 atom stereocenters. The van der Waals surface area contributed by atoms with Crippen LogP contribution in [0.25, 0.3) is 0 Å². The van der Waals surface area contributed by atoms with Gasteiger partial charge in [-0.1, -0.05) is 6.07 Å². The molecule has 0 aliphatic heterocycles. The highest BCUT2D eigenvalue weighted by Crippen LogP contribution is 2.25. The predicted octanol–water partition coefficient (Wildman–Crippen LogP) is 1.59. The van der Waals surface area contributed by atoms with Gasteiger partial charge >= 0.3 is 0 Å². The van der Waals surface area contributed by atoms with Crippen LogP contribution in [0.2, 0.25) is 0 Å². The van der Waals surface area contributed by atoms with Gasteiger partial charge < -0.3 is 14.9 Å². The monoisotopic (exact) mass is 255 g/mol. The predicted molar refractivity (Wildman–Crippen MR) is 64.0 cm³/mol. The summed E-state index contributed by atoms with van der Waals surface area (Å²) in [6.07, 6.45) is -1.70. The molecule has 5 heteroatoms. The van der Waals surface area contributed by atoms with Crippen molar-refractivity contribution in [3.05, 3.63) is 29.3 Å². The van der Waals surface area contributed by atoms with Crippen LogP contribution in [0.5, 0.6) is 5.75 Å². The van der Waals surface area contributed by atoms with Crippen molar-refractivity contribution in [3.63, 3.8) is 0 Å². The first-order chi connectivity index (χ1) is 8.13. The number of nitriles is 1. The van der Waals surface area contributed by atoms with Gasteiger partial charge in [0, 0.05) is 5.88 Å². The van der Waals surface area contributed by atoms with Crippen molar-refractivity contribution in [2.24, 2.45) is 0 Å². The topological polar surface area (TPSA) is 73.5 Å². The summed E-state index contributed by atoms with van der Waals surface area (Å²) < 4.78 is 4.99. The molecular formula is C12H14ClNO3. The standard InChI is InChI=1S/C12H14ClNO3/c1-17-11-3-2-8(6-9(11)7-14)12(16)10(15)4-5-13/h2-3,6,10,12,15-16H,4-5H2,1H3. The molecule has 1 aromatic rings. The fourth-order valence-electron chi connectivity index (χ4n) is 1.49. The van der Waals surface area contributed by atoms with Crippen molar-refractivity contribution in [2.45, 2.75) is 18.6 Å². The second kappa shape index (κ2) is 6.45. The third kappa shape index (κ3) is 3.34. The smallest absolute Gasteiger partial charge is 0.136 e. The SMILES string of the molecule is COc1ccc(C(O)C(O)CCCl)cc1C#N. The normalized spacial score (nSPS) is 13.8. The maximum atomic E-state index is 9.84. The van der Waals surface area contributed by atoms with E-state index in [9.17, 15) is 10.2 Å². The Kier molecular flexibility index (Phi) is 5.23. The Morgan fingerprint density at radius 2 is 2.18 bits per heavy atom. The molecule has 0 aliphatic carbocycles. The van der Waals surface area contributed by atoms with E-state index >= 15 is 0 Å². The number of alkyl halides is 1. The molecule has 17 heavy (non-hydrogen) atoms. The summed E-state index contributed by atoms with van der Waals surface area (Å²) in [6, 6.07) is 6.67. The van der Waals surface area contributed by atoms with Crippen LogP contribution >= 0.6 is 11.6 Å². The maximum absolute atomic E-state index is 9.84. The van der Waals surface area contributed by atoms with Crippen LogP contribution in [0.15, 0.2) is 18.2 Å². The van der Waals surface area contributed by atoms with Crippen LogP contribution in [0.3, 0.4) is 0 Å². The summed E-state index contributed by atoms with van der Waals surface area (Å²) in [6.45, 7) is 0. The fourth-order valence-corrected chi connectivity index (χ4v) is 1.71. The van der Waals surface area contributed by atoms with Gasteiger partial charge in [0.1, 0.15) is 17.9 Å². The van der Waals surface area contributed by atoms with Gasteiger partial charge in [-0.05, 0) is 24.1 Å². The Labute approximate surface area is 105 Å². The van der Waals surface area contributed by atoms with Crippen molar-refractivity contribution < 1.29 is 14.9 Å². The summed E-state index contributed by atoms with van der Waals surface area (Å²) in [5.74, 6) is 0.703. The van der Waals surface area contributed by atoms with Gasteiger partial charge in [0.05, 0.1) is 18.8 Å². The molecule has 0 radical (unpaired) electrons. The van der Waals surface area contributed by atoms with E-state index in [2.05, 4.69) is 0 Å². The minimum absolute atomic E-state index is 0.263. The number of rotatable bonds is 5. The molecule has 2 unspecified atom stereocenters. The van der Waals surface area contributed by atoms with Crippen molar-refractivity contribution in [1.82, 2.24) is 0 Å². The van der Waals surface area contributed by atoms with Gasteiger partial charge in [-0.15, -0.1) is 11.6 Å². The number of hydrogen-bond acceptors (Lipinski definition) is 4. The van der Waals surface area contributed by atoms with Crippen molar-refractivity contribution in [3.8, 4) is 11.8 Å². The molecule has 0 heterocycles. The average Bonchev–Trinajstić information content (AvgIpc) is 2.37. The van der Waals surface area contributed by atoms with Gasteiger partial charge in [-0.25, -0.2) is 0 Å². The van der Waals surface area contributed by atoms with Crippen LogP contribution in [0, 0.1) is 11.3 Å². The summed E-state index contributed by atoms with van der Waals surface area (Å²) in [4.78, 5) is 0. The summed E-state index contributed by atoms with van der Waals surface area (Å²) in [5.41, 5.74) is 0.794. The lowest BCUT2D eigenvalue weighted by Crippen LogP contribution is -2.18. The molecule has 0 aliphatic rings. The Hall–Kier alpha value is -1.28. The van der Waals surface area contributed by atoms with Crippen LogP contribution in [0.4, 0.5) is 0 Å². The average molecular weight is 256 g/mol. The molecule has 0 fully saturated rings. The molecule has 1 rings (SSSR count). The van der Waals surface area contributed by atoms with E-state index in [0.717, 1.165) is 0 Å². The molecule has 0 saturated carbocycles. The Balaban J connectivity index is 2.96. The van der Waals surface area contributed by atoms with Gasteiger partial charge in [0.2, 0.25) is 0 Å². The summed E-state index contributed by atoms with van der Waals surface area (Å²) >= 11 is 5.49. The van der Waals surface area contributed by atoms with Gasteiger partial charge in [0.25, 0.3) is 0 Å².